The molecule has 1 aliphatic heterocycles. The third-order valence-corrected chi connectivity index (χ3v) is 5.56. The number of hydrogen-bond acceptors (Lipinski definition) is 6. The highest BCUT2D eigenvalue weighted by Gasteiger charge is 2.32. The van der Waals surface area contributed by atoms with Gasteiger partial charge >= 0.3 is 0 Å². The molecule has 1 unspecified atom stereocenters. The van der Waals surface area contributed by atoms with Crippen LogP contribution in [-0.2, 0) is 9.59 Å². The molecule has 1 saturated carbocycles. The molecule has 0 spiro atoms. The first-order valence-electron chi connectivity index (χ1n) is 9.19. The summed E-state index contributed by atoms with van der Waals surface area (Å²) in [5, 5.41) is 14.0. The normalized spacial score (nSPS) is 21.5. The fraction of sp³-hybridized carbons (Fsp3) is 0.474. The number of hydrogen-bond donors (Lipinski definition) is 2. The second-order valence-corrected chi connectivity index (χ2v) is 7.73. The van der Waals surface area contributed by atoms with Gasteiger partial charge in [-0.05, 0) is 37.8 Å². The zero-order valence-corrected chi connectivity index (χ0v) is 16.2. The Morgan fingerprint density at radius 1 is 1.22 bits per heavy atom. The van der Waals surface area contributed by atoms with E-state index in [1.165, 1.54) is 24.6 Å². The highest BCUT2D eigenvalue weighted by molar-refractivity contribution is 8.15. The van der Waals surface area contributed by atoms with Gasteiger partial charge in [-0.15, -0.1) is 5.10 Å². The molecule has 1 heterocycles. The van der Waals surface area contributed by atoms with Gasteiger partial charge in [-0.25, -0.2) is 0 Å². The van der Waals surface area contributed by atoms with Crippen molar-refractivity contribution < 1.29 is 14.3 Å². The maximum atomic E-state index is 12.3. The van der Waals surface area contributed by atoms with E-state index in [9.17, 15) is 9.59 Å². The second kappa shape index (κ2) is 9.55. The van der Waals surface area contributed by atoms with E-state index in [0.29, 0.717) is 16.6 Å². The molecule has 0 radical (unpaired) electrons. The van der Waals surface area contributed by atoms with E-state index in [4.69, 9.17) is 4.74 Å². The van der Waals surface area contributed by atoms with Gasteiger partial charge in [-0.1, -0.05) is 36.7 Å². The summed E-state index contributed by atoms with van der Waals surface area (Å²) in [6.07, 6.45) is 6.78. The number of thioether (sulfide) groups is 1. The molecule has 1 aromatic carbocycles. The van der Waals surface area contributed by atoms with E-state index in [-0.39, 0.29) is 18.2 Å². The van der Waals surface area contributed by atoms with Crippen molar-refractivity contribution in [3.05, 3.63) is 24.3 Å². The van der Waals surface area contributed by atoms with Crippen LogP contribution in [0.2, 0.25) is 0 Å². The molecular weight excluding hydrogens is 364 g/mol. The number of nitrogens with one attached hydrogen (secondary N) is 2. The number of amides is 2. The largest absolute Gasteiger partial charge is 0.495 e. The topological polar surface area (TPSA) is 92.2 Å². The first-order valence-corrected chi connectivity index (χ1v) is 10.1. The Bertz CT molecular complexity index is 753. The van der Waals surface area contributed by atoms with Crippen LogP contribution in [-0.4, -0.2) is 35.1 Å². The van der Waals surface area contributed by atoms with Crippen LogP contribution >= 0.6 is 11.8 Å². The molecule has 7 nitrogen and oxygen atoms in total. The predicted molar refractivity (Wildman–Crippen MR) is 108 cm³/mol. The van der Waals surface area contributed by atoms with Crippen LogP contribution in [0.1, 0.15) is 44.9 Å². The van der Waals surface area contributed by atoms with Crippen LogP contribution in [0.3, 0.4) is 0 Å². The molecular formula is C19H24N4O3S. The first-order chi connectivity index (χ1) is 13.2. The quantitative estimate of drug-likeness (QED) is 0.598. The number of para-hydroxylation sites is 2. The number of rotatable bonds is 5. The van der Waals surface area contributed by atoms with E-state index < -0.39 is 5.25 Å². The molecule has 144 valence electrons. The molecule has 1 saturated heterocycles. The van der Waals surface area contributed by atoms with E-state index >= 15 is 0 Å². The van der Waals surface area contributed by atoms with E-state index in [1.807, 2.05) is 12.1 Å². The SMILES string of the molecule is COc1ccccc1NC(=O)CC1SC(=NN=C2CCCCCC2)NC1=O. The van der Waals surface area contributed by atoms with E-state index in [1.54, 1.807) is 19.2 Å². The van der Waals surface area contributed by atoms with Crippen LogP contribution in [0.4, 0.5) is 5.69 Å². The Balaban J connectivity index is 1.56. The zero-order chi connectivity index (χ0) is 19.1. The van der Waals surface area contributed by atoms with Crippen molar-refractivity contribution in [1.82, 2.24) is 5.32 Å². The Labute approximate surface area is 163 Å². The molecule has 2 N–H and O–H groups in total. The van der Waals surface area contributed by atoms with Crippen LogP contribution in [0.15, 0.2) is 34.5 Å². The van der Waals surface area contributed by atoms with Crippen molar-refractivity contribution in [2.45, 2.75) is 50.2 Å². The summed E-state index contributed by atoms with van der Waals surface area (Å²) < 4.78 is 5.22. The summed E-state index contributed by atoms with van der Waals surface area (Å²) in [6, 6.07) is 7.16. The highest BCUT2D eigenvalue weighted by atomic mass is 32.2. The molecule has 1 aliphatic carbocycles. The van der Waals surface area contributed by atoms with Gasteiger partial charge in [-0.2, -0.15) is 5.10 Å². The second-order valence-electron chi connectivity index (χ2n) is 6.53. The van der Waals surface area contributed by atoms with Gasteiger partial charge in [0.15, 0.2) is 5.17 Å². The molecule has 8 heteroatoms. The fourth-order valence-electron chi connectivity index (χ4n) is 3.06. The predicted octanol–water partition coefficient (Wildman–Crippen LogP) is 3.32. The van der Waals surface area contributed by atoms with Gasteiger partial charge in [0.2, 0.25) is 11.8 Å². The summed E-state index contributed by atoms with van der Waals surface area (Å²) in [7, 11) is 1.55. The molecule has 2 fully saturated rings. The van der Waals surface area contributed by atoms with Gasteiger partial charge < -0.3 is 15.4 Å². The van der Waals surface area contributed by atoms with Crippen LogP contribution in [0.25, 0.3) is 0 Å². The van der Waals surface area contributed by atoms with Gasteiger partial charge in [0.25, 0.3) is 0 Å². The van der Waals surface area contributed by atoms with Gasteiger partial charge in [0.05, 0.1) is 12.8 Å². The smallest absolute Gasteiger partial charge is 0.240 e. The minimum Gasteiger partial charge on any atom is -0.495 e. The molecule has 3 rings (SSSR count). The lowest BCUT2D eigenvalue weighted by molar-refractivity contribution is -0.122. The molecule has 0 bridgehead atoms. The van der Waals surface area contributed by atoms with Gasteiger partial charge in [0, 0.05) is 12.1 Å². The monoisotopic (exact) mass is 388 g/mol. The third-order valence-electron chi connectivity index (χ3n) is 4.49. The van der Waals surface area contributed by atoms with Gasteiger partial charge in [0.1, 0.15) is 11.0 Å². The van der Waals surface area contributed by atoms with Crippen molar-refractivity contribution >= 4 is 40.1 Å². The number of benzene rings is 1. The standard InChI is InChI=1S/C19H24N4O3S/c1-26-15-11-7-6-10-14(15)20-17(24)12-16-18(25)21-19(27-16)23-22-13-8-4-2-3-5-9-13/h6-7,10-11,16H,2-5,8-9,12H2,1H3,(H,20,24)(H,21,23,25). The summed E-state index contributed by atoms with van der Waals surface area (Å²) in [5.41, 5.74) is 1.68. The number of amidine groups is 1. The Morgan fingerprint density at radius 3 is 2.70 bits per heavy atom. The van der Waals surface area contributed by atoms with Crippen LogP contribution < -0.4 is 15.4 Å². The highest BCUT2D eigenvalue weighted by Crippen LogP contribution is 2.26. The minimum atomic E-state index is -0.507. The van der Waals surface area contributed by atoms with Crippen LogP contribution in [0.5, 0.6) is 5.75 Å². The molecule has 2 aliphatic rings. The number of methoxy groups -OCH3 is 1. The summed E-state index contributed by atoms with van der Waals surface area (Å²) in [5.74, 6) is 0.120. The maximum absolute atomic E-state index is 12.3. The number of anilines is 1. The van der Waals surface area contributed by atoms with Crippen molar-refractivity contribution in [3.63, 3.8) is 0 Å². The number of ether oxygens (including phenoxy) is 1. The number of carbonyl (C=O) groups is 2. The summed E-state index contributed by atoms with van der Waals surface area (Å²) in [6.45, 7) is 0. The van der Waals surface area contributed by atoms with E-state index in [2.05, 4.69) is 20.8 Å². The van der Waals surface area contributed by atoms with Gasteiger partial charge in [-0.3, -0.25) is 9.59 Å². The molecule has 27 heavy (non-hydrogen) atoms. The van der Waals surface area contributed by atoms with Crippen molar-refractivity contribution in [1.29, 1.82) is 0 Å². The maximum Gasteiger partial charge on any atom is 0.240 e. The average molecular weight is 388 g/mol. The molecule has 1 aromatic rings. The Kier molecular flexibility index (Phi) is 6.86. The molecule has 1 atom stereocenters. The lowest BCUT2D eigenvalue weighted by Gasteiger charge is -2.10. The Morgan fingerprint density at radius 2 is 1.96 bits per heavy atom. The molecule has 2 amide bonds. The fourth-order valence-corrected chi connectivity index (χ4v) is 3.97. The number of carbonyl (C=O) groups excluding carboxylic acids is 2. The lowest BCUT2D eigenvalue weighted by Crippen LogP contribution is -2.28. The van der Waals surface area contributed by atoms with Crippen molar-refractivity contribution in [2.75, 3.05) is 12.4 Å². The minimum absolute atomic E-state index is 0.0597. The first kappa shape index (κ1) is 19.4. The lowest BCUT2D eigenvalue weighted by atomic mass is 10.2. The van der Waals surface area contributed by atoms with Crippen LogP contribution in [0, 0.1) is 0 Å². The van der Waals surface area contributed by atoms with E-state index in [0.717, 1.165) is 31.4 Å². The summed E-state index contributed by atoms with van der Waals surface area (Å²) >= 11 is 1.25. The average Bonchev–Trinajstić information content (AvgIpc) is 2.86. The third kappa shape index (κ3) is 5.56. The number of nitrogens with zero attached hydrogens (tertiary/aromatic N) is 2. The Hall–Kier alpha value is -2.35. The zero-order valence-electron chi connectivity index (χ0n) is 15.4. The molecule has 0 aromatic heterocycles. The summed E-state index contributed by atoms with van der Waals surface area (Å²) in [4.78, 5) is 24.4. The van der Waals surface area contributed by atoms with Crippen molar-refractivity contribution in [2.24, 2.45) is 10.2 Å². The van der Waals surface area contributed by atoms with Crippen molar-refractivity contribution in [3.8, 4) is 5.75 Å².